The Hall–Kier alpha value is -2.49. The smallest absolute Gasteiger partial charge is 0.138 e. The van der Waals surface area contributed by atoms with Gasteiger partial charge in [0, 0.05) is 11.3 Å². The lowest BCUT2D eigenvalue weighted by Gasteiger charge is -2.06. The number of nitrogens with two attached hydrogens (primary N) is 1. The number of aromatic amines is 1. The first-order valence-electron chi connectivity index (χ1n) is 7.25. The standard InChI is InChI=1S/C17H19N3O/c1-2-3-9-21-14-6-4-5-12(10-14)17-19-15-8-7-13(18)11-16(15)20-17/h4-8,10-11H,2-3,9,18H2,1H3,(H,19,20). The summed E-state index contributed by atoms with van der Waals surface area (Å²) in [4.78, 5) is 7.90. The molecule has 0 saturated heterocycles. The highest BCUT2D eigenvalue weighted by Gasteiger charge is 2.06. The van der Waals surface area contributed by atoms with Gasteiger partial charge in [0.1, 0.15) is 11.6 Å². The van der Waals surface area contributed by atoms with Gasteiger partial charge in [-0.3, -0.25) is 0 Å². The van der Waals surface area contributed by atoms with Crippen LogP contribution in [0.1, 0.15) is 19.8 Å². The van der Waals surface area contributed by atoms with Gasteiger partial charge in [-0.2, -0.15) is 0 Å². The number of fused-ring (bicyclic) bond motifs is 1. The van der Waals surface area contributed by atoms with Crippen LogP contribution in [0.4, 0.5) is 5.69 Å². The lowest BCUT2D eigenvalue weighted by Crippen LogP contribution is -1.96. The molecule has 0 spiro atoms. The zero-order valence-corrected chi connectivity index (χ0v) is 12.1. The Morgan fingerprint density at radius 3 is 2.95 bits per heavy atom. The van der Waals surface area contributed by atoms with Gasteiger partial charge in [-0.25, -0.2) is 4.98 Å². The highest BCUT2D eigenvalue weighted by atomic mass is 16.5. The molecule has 3 N–H and O–H groups in total. The first-order valence-corrected chi connectivity index (χ1v) is 7.25. The number of ether oxygens (including phenoxy) is 1. The molecule has 3 rings (SSSR count). The van der Waals surface area contributed by atoms with E-state index in [1.165, 1.54) is 0 Å². The van der Waals surface area contributed by atoms with Gasteiger partial charge in [0.15, 0.2) is 0 Å². The number of nitrogens with one attached hydrogen (secondary N) is 1. The van der Waals surface area contributed by atoms with E-state index in [2.05, 4.69) is 16.9 Å². The van der Waals surface area contributed by atoms with E-state index in [0.29, 0.717) is 0 Å². The SMILES string of the molecule is CCCCOc1cccc(-c2nc3ccc(N)cc3[nH]2)c1. The van der Waals surface area contributed by atoms with Crippen LogP contribution in [-0.2, 0) is 0 Å². The number of aromatic nitrogens is 2. The van der Waals surface area contributed by atoms with Gasteiger partial charge in [-0.1, -0.05) is 25.5 Å². The first kappa shape index (κ1) is 13.5. The maximum Gasteiger partial charge on any atom is 0.138 e. The van der Waals surface area contributed by atoms with Crippen molar-refractivity contribution in [2.75, 3.05) is 12.3 Å². The van der Waals surface area contributed by atoms with Crippen LogP contribution in [0.15, 0.2) is 42.5 Å². The lowest BCUT2D eigenvalue weighted by atomic mass is 10.2. The number of nitrogen functional groups attached to an aromatic ring is 1. The Bertz CT molecular complexity index is 749. The average molecular weight is 281 g/mol. The number of H-pyrrole nitrogens is 1. The number of imidazole rings is 1. The van der Waals surface area contributed by atoms with Gasteiger partial charge in [0.05, 0.1) is 17.6 Å². The Morgan fingerprint density at radius 2 is 2.10 bits per heavy atom. The summed E-state index contributed by atoms with van der Waals surface area (Å²) in [5.74, 6) is 1.71. The van der Waals surface area contributed by atoms with Crippen LogP contribution in [0.3, 0.4) is 0 Å². The minimum atomic E-state index is 0.731. The van der Waals surface area contributed by atoms with Crippen LogP contribution in [-0.4, -0.2) is 16.6 Å². The third kappa shape index (κ3) is 2.99. The van der Waals surface area contributed by atoms with E-state index < -0.39 is 0 Å². The Kier molecular flexibility index (Phi) is 3.77. The second-order valence-electron chi connectivity index (χ2n) is 5.09. The van der Waals surface area contributed by atoms with Gasteiger partial charge in [-0.05, 0) is 36.8 Å². The number of hydrogen-bond donors (Lipinski definition) is 2. The fourth-order valence-corrected chi connectivity index (χ4v) is 2.23. The fourth-order valence-electron chi connectivity index (χ4n) is 2.23. The van der Waals surface area contributed by atoms with Crippen molar-refractivity contribution >= 4 is 16.7 Å². The van der Waals surface area contributed by atoms with Crippen LogP contribution in [0.25, 0.3) is 22.4 Å². The summed E-state index contributed by atoms with van der Waals surface area (Å²) in [7, 11) is 0. The predicted octanol–water partition coefficient (Wildman–Crippen LogP) is 3.99. The zero-order chi connectivity index (χ0) is 14.7. The second-order valence-corrected chi connectivity index (χ2v) is 5.09. The third-order valence-electron chi connectivity index (χ3n) is 3.38. The predicted molar refractivity (Wildman–Crippen MR) is 86.3 cm³/mol. The Labute approximate surface area is 124 Å². The lowest BCUT2D eigenvalue weighted by molar-refractivity contribution is 0.309. The monoisotopic (exact) mass is 281 g/mol. The molecular weight excluding hydrogens is 262 g/mol. The number of rotatable bonds is 5. The van der Waals surface area contributed by atoms with Gasteiger partial charge in [0.2, 0.25) is 0 Å². The topological polar surface area (TPSA) is 63.9 Å². The number of benzene rings is 2. The van der Waals surface area contributed by atoms with E-state index in [0.717, 1.165) is 53.3 Å². The summed E-state index contributed by atoms with van der Waals surface area (Å²) in [6.45, 7) is 2.90. The van der Waals surface area contributed by atoms with Crippen LogP contribution >= 0.6 is 0 Å². The molecule has 0 aliphatic heterocycles. The Morgan fingerprint density at radius 1 is 1.19 bits per heavy atom. The number of anilines is 1. The van der Waals surface area contributed by atoms with Gasteiger partial charge < -0.3 is 15.5 Å². The minimum Gasteiger partial charge on any atom is -0.494 e. The third-order valence-corrected chi connectivity index (χ3v) is 3.38. The zero-order valence-electron chi connectivity index (χ0n) is 12.1. The van der Waals surface area contributed by atoms with Crippen LogP contribution in [0.2, 0.25) is 0 Å². The minimum absolute atomic E-state index is 0.731. The molecule has 1 heterocycles. The van der Waals surface area contributed by atoms with Crippen LogP contribution in [0, 0.1) is 0 Å². The summed E-state index contributed by atoms with van der Waals surface area (Å²) in [6, 6.07) is 13.7. The summed E-state index contributed by atoms with van der Waals surface area (Å²) in [5, 5.41) is 0. The fraction of sp³-hybridized carbons (Fsp3) is 0.235. The normalized spacial score (nSPS) is 10.9. The maximum atomic E-state index is 5.80. The molecule has 0 aliphatic carbocycles. The molecule has 0 amide bonds. The van der Waals surface area contributed by atoms with Crippen molar-refractivity contribution in [2.24, 2.45) is 0 Å². The maximum absolute atomic E-state index is 5.80. The molecule has 1 aromatic heterocycles. The molecule has 0 bridgehead atoms. The van der Waals surface area contributed by atoms with Crippen molar-refractivity contribution in [3.05, 3.63) is 42.5 Å². The molecule has 0 atom stereocenters. The van der Waals surface area contributed by atoms with Gasteiger partial charge >= 0.3 is 0 Å². The van der Waals surface area contributed by atoms with Crippen molar-refractivity contribution in [3.8, 4) is 17.1 Å². The largest absolute Gasteiger partial charge is 0.494 e. The van der Waals surface area contributed by atoms with Crippen LogP contribution < -0.4 is 10.5 Å². The molecule has 0 unspecified atom stereocenters. The molecule has 3 aromatic rings. The average Bonchev–Trinajstić information content (AvgIpc) is 2.91. The quantitative estimate of drug-likeness (QED) is 0.549. The second kappa shape index (κ2) is 5.87. The number of nitrogens with zero attached hydrogens (tertiary/aromatic N) is 1. The van der Waals surface area contributed by atoms with E-state index in [-0.39, 0.29) is 0 Å². The summed E-state index contributed by atoms with van der Waals surface area (Å²) in [5.41, 5.74) is 9.40. The molecule has 0 fully saturated rings. The summed E-state index contributed by atoms with van der Waals surface area (Å²) < 4.78 is 5.74. The van der Waals surface area contributed by atoms with Crippen molar-refractivity contribution < 1.29 is 4.74 Å². The van der Waals surface area contributed by atoms with Gasteiger partial charge in [0.25, 0.3) is 0 Å². The van der Waals surface area contributed by atoms with Crippen molar-refractivity contribution in [2.45, 2.75) is 19.8 Å². The van der Waals surface area contributed by atoms with Gasteiger partial charge in [-0.15, -0.1) is 0 Å². The van der Waals surface area contributed by atoms with E-state index >= 15 is 0 Å². The molecule has 4 heteroatoms. The van der Waals surface area contributed by atoms with Crippen molar-refractivity contribution in [1.82, 2.24) is 9.97 Å². The number of unbranched alkanes of at least 4 members (excludes halogenated alkanes) is 1. The molecular formula is C17H19N3O. The molecule has 0 radical (unpaired) electrons. The number of hydrogen-bond acceptors (Lipinski definition) is 3. The molecule has 0 saturated carbocycles. The Balaban J connectivity index is 1.89. The van der Waals surface area contributed by atoms with E-state index in [1.807, 2.05) is 42.5 Å². The van der Waals surface area contributed by atoms with Crippen molar-refractivity contribution in [3.63, 3.8) is 0 Å². The van der Waals surface area contributed by atoms with E-state index in [1.54, 1.807) is 0 Å². The highest BCUT2D eigenvalue weighted by Crippen LogP contribution is 2.25. The van der Waals surface area contributed by atoms with E-state index in [9.17, 15) is 0 Å². The van der Waals surface area contributed by atoms with E-state index in [4.69, 9.17) is 10.5 Å². The molecule has 108 valence electrons. The van der Waals surface area contributed by atoms with Crippen molar-refractivity contribution in [1.29, 1.82) is 0 Å². The summed E-state index contributed by atoms with van der Waals surface area (Å²) >= 11 is 0. The molecule has 0 aliphatic rings. The van der Waals surface area contributed by atoms with Crippen LogP contribution in [0.5, 0.6) is 5.75 Å². The molecule has 4 nitrogen and oxygen atoms in total. The molecule has 21 heavy (non-hydrogen) atoms. The molecule has 2 aromatic carbocycles. The highest BCUT2D eigenvalue weighted by molar-refractivity contribution is 5.82. The summed E-state index contributed by atoms with van der Waals surface area (Å²) in [6.07, 6.45) is 2.19. The first-order chi connectivity index (χ1) is 10.3.